The van der Waals surface area contributed by atoms with Gasteiger partial charge < -0.3 is 5.73 Å². The van der Waals surface area contributed by atoms with Gasteiger partial charge >= 0.3 is 0 Å². The minimum atomic E-state index is -0.405. The average Bonchev–Trinajstić information content (AvgIpc) is 2.83. The molecule has 0 radical (unpaired) electrons. The highest BCUT2D eigenvalue weighted by Crippen LogP contribution is 2.09. The first-order chi connectivity index (χ1) is 8.25. The van der Waals surface area contributed by atoms with Gasteiger partial charge in [0.1, 0.15) is 0 Å². The van der Waals surface area contributed by atoms with Gasteiger partial charge in [0, 0.05) is 6.42 Å². The van der Waals surface area contributed by atoms with Crippen LogP contribution in [-0.2, 0) is 17.6 Å². The van der Waals surface area contributed by atoms with E-state index in [0.717, 1.165) is 11.1 Å². The van der Waals surface area contributed by atoms with E-state index in [1.165, 1.54) is 0 Å². The van der Waals surface area contributed by atoms with Crippen molar-refractivity contribution < 1.29 is 4.79 Å². The highest BCUT2D eigenvalue weighted by Gasteiger charge is 2.14. The van der Waals surface area contributed by atoms with Crippen molar-refractivity contribution in [3.05, 3.63) is 58.3 Å². The Labute approximate surface area is 105 Å². The first-order valence-electron chi connectivity index (χ1n) is 5.59. The maximum absolute atomic E-state index is 11.9. The Bertz CT molecular complexity index is 464. The predicted octanol–water partition coefficient (Wildman–Crippen LogP) is 2.43. The van der Waals surface area contributed by atoms with E-state index in [4.69, 9.17) is 5.73 Å². The van der Waals surface area contributed by atoms with Crippen molar-refractivity contribution in [1.82, 2.24) is 0 Å². The second-order valence-corrected chi connectivity index (χ2v) is 4.85. The Balaban J connectivity index is 1.92. The molecule has 88 valence electrons. The number of ketones is 1. The fourth-order valence-corrected chi connectivity index (χ4v) is 2.38. The highest BCUT2D eigenvalue weighted by atomic mass is 32.1. The van der Waals surface area contributed by atoms with Crippen LogP contribution in [0.15, 0.2) is 47.2 Å². The van der Waals surface area contributed by atoms with Gasteiger partial charge in [-0.25, -0.2) is 0 Å². The first kappa shape index (κ1) is 12.0. The Morgan fingerprint density at radius 3 is 2.59 bits per heavy atom. The van der Waals surface area contributed by atoms with Crippen LogP contribution < -0.4 is 5.73 Å². The molecule has 1 atom stereocenters. The molecule has 17 heavy (non-hydrogen) atoms. The van der Waals surface area contributed by atoms with Gasteiger partial charge in [0.05, 0.1) is 6.04 Å². The Morgan fingerprint density at radius 2 is 1.94 bits per heavy atom. The summed E-state index contributed by atoms with van der Waals surface area (Å²) in [7, 11) is 0. The van der Waals surface area contributed by atoms with Gasteiger partial charge in [0.2, 0.25) is 0 Å². The molecule has 0 fully saturated rings. The third-order valence-electron chi connectivity index (χ3n) is 2.67. The second-order valence-electron chi connectivity index (χ2n) is 4.07. The van der Waals surface area contributed by atoms with Gasteiger partial charge in [0.25, 0.3) is 0 Å². The molecule has 0 aliphatic carbocycles. The lowest BCUT2D eigenvalue weighted by Gasteiger charge is -2.09. The summed E-state index contributed by atoms with van der Waals surface area (Å²) in [6.45, 7) is 0. The minimum absolute atomic E-state index is 0.104. The first-order valence-corrected chi connectivity index (χ1v) is 6.53. The number of carbonyl (C=O) groups is 1. The van der Waals surface area contributed by atoms with E-state index in [-0.39, 0.29) is 5.78 Å². The topological polar surface area (TPSA) is 43.1 Å². The van der Waals surface area contributed by atoms with Gasteiger partial charge in [-0.05, 0) is 34.4 Å². The van der Waals surface area contributed by atoms with Crippen molar-refractivity contribution in [3.8, 4) is 0 Å². The molecule has 2 rings (SSSR count). The van der Waals surface area contributed by atoms with Crippen LogP contribution in [0.4, 0.5) is 0 Å². The molecular weight excluding hydrogens is 230 g/mol. The van der Waals surface area contributed by atoms with Crippen LogP contribution in [0.5, 0.6) is 0 Å². The molecular formula is C14H15NOS. The van der Waals surface area contributed by atoms with E-state index < -0.39 is 6.04 Å². The lowest BCUT2D eigenvalue weighted by Crippen LogP contribution is -2.33. The van der Waals surface area contributed by atoms with Crippen LogP contribution in [0, 0.1) is 0 Å². The molecule has 0 aliphatic rings. The fraction of sp³-hybridized carbons (Fsp3) is 0.214. The highest BCUT2D eigenvalue weighted by molar-refractivity contribution is 7.08. The van der Waals surface area contributed by atoms with Crippen molar-refractivity contribution in [2.45, 2.75) is 18.9 Å². The monoisotopic (exact) mass is 245 g/mol. The molecule has 0 spiro atoms. The fourth-order valence-electron chi connectivity index (χ4n) is 1.71. The lowest BCUT2D eigenvalue weighted by molar-refractivity contribution is -0.119. The van der Waals surface area contributed by atoms with Crippen LogP contribution >= 0.6 is 11.3 Å². The van der Waals surface area contributed by atoms with Crippen LogP contribution in [0.2, 0.25) is 0 Å². The van der Waals surface area contributed by atoms with Gasteiger partial charge in [-0.2, -0.15) is 11.3 Å². The van der Waals surface area contributed by atoms with Gasteiger partial charge in [-0.3, -0.25) is 4.79 Å². The number of thiophene rings is 1. The molecule has 3 heteroatoms. The van der Waals surface area contributed by atoms with Crippen molar-refractivity contribution >= 4 is 17.1 Å². The SMILES string of the molecule is NC(Cc1ccccc1)C(=O)Cc1ccsc1. The van der Waals surface area contributed by atoms with E-state index in [9.17, 15) is 4.79 Å². The van der Waals surface area contributed by atoms with Crippen LogP contribution in [0.1, 0.15) is 11.1 Å². The Hall–Kier alpha value is -1.45. The van der Waals surface area contributed by atoms with E-state index in [1.807, 2.05) is 47.2 Å². The maximum Gasteiger partial charge on any atom is 0.154 e. The standard InChI is InChI=1S/C14H15NOS/c15-13(8-11-4-2-1-3-5-11)14(16)9-12-6-7-17-10-12/h1-7,10,13H,8-9,15H2. The summed E-state index contributed by atoms with van der Waals surface area (Å²) in [5.41, 5.74) is 8.09. The number of carbonyl (C=O) groups excluding carboxylic acids is 1. The van der Waals surface area contributed by atoms with Crippen molar-refractivity contribution in [2.75, 3.05) is 0 Å². The normalized spacial score (nSPS) is 12.3. The number of rotatable bonds is 5. The van der Waals surface area contributed by atoms with E-state index >= 15 is 0 Å². The molecule has 1 unspecified atom stereocenters. The quantitative estimate of drug-likeness (QED) is 0.879. The molecule has 2 N–H and O–H groups in total. The van der Waals surface area contributed by atoms with Crippen molar-refractivity contribution in [3.63, 3.8) is 0 Å². The van der Waals surface area contributed by atoms with Gasteiger partial charge in [-0.15, -0.1) is 0 Å². The average molecular weight is 245 g/mol. The zero-order valence-corrected chi connectivity index (χ0v) is 10.3. The second kappa shape index (κ2) is 5.75. The number of hydrogen-bond donors (Lipinski definition) is 1. The molecule has 0 amide bonds. The summed E-state index contributed by atoms with van der Waals surface area (Å²) >= 11 is 1.60. The predicted molar refractivity (Wildman–Crippen MR) is 71.2 cm³/mol. The van der Waals surface area contributed by atoms with Gasteiger partial charge in [0.15, 0.2) is 5.78 Å². The molecule has 2 nitrogen and oxygen atoms in total. The lowest BCUT2D eigenvalue weighted by atomic mass is 10.00. The summed E-state index contributed by atoms with van der Waals surface area (Å²) in [6, 6.07) is 11.4. The zero-order chi connectivity index (χ0) is 12.1. The molecule has 2 aromatic rings. The molecule has 1 heterocycles. The summed E-state index contributed by atoms with van der Waals surface area (Å²) in [5.74, 6) is 0.104. The summed E-state index contributed by atoms with van der Waals surface area (Å²) < 4.78 is 0. The maximum atomic E-state index is 11.9. The van der Waals surface area contributed by atoms with E-state index in [0.29, 0.717) is 12.8 Å². The molecule has 0 aliphatic heterocycles. The third-order valence-corrected chi connectivity index (χ3v) is 3.40. The minimum Gasteiger partial charge on any atom is -0.321 e. The largest absolute Gasteiger partial charge is 0.321 e. The van der Waals surface area contributed by atoms with Crippen LogP contribution in [0.3, 0.4) is 0 Å². The molecule has 0 bridgehead atoms. The number of Topliss-reactive ketones (excluding diaryl/α,β-unsaturated/α-hetero) is 1. The van der Waals surface area contributed by atoms with Crippen LogP contribution in [-0.4, -0.2) is 11.8 Å². The van der Waals surface area contributed by atoms with Gasteiger partial charge in [-0.1, -0.05) is 30.3 Å². The molecule has 0 saturated heterocycles. The number of benzene rings is 1. The summed E-state index contributed by atoms with van der Waals surface area (Å²) in [4.78, 5) is 11.9. The number of hydrogen-bond acceptors (Lipinski definition) is 3. The Kier molecular flexibility index (Phi) is 4.07. The number of nitrogens with two attached hydrogens (primary N) is 1. The Morgan fingerprint density at radius 1 is 1.18 bits per heavy atom. The van der Waals surface area contributed by atoms with Crippen LogP contribution in [0.25, 0.3) is 0 Å². The molecule has 1 aromatic heterocycles. The summed E-state index contributed by atoms with van der Waals surface area (Å²) in [6.07, 6.45) is 1.06. The van der Waals surface area contributed by atoms with E-state index in [1.54, 1.807) is 11.3 Å². The summed E-state index contributed by atoms with van der Waals surface area (Å²) in [5, 5.41) is 3.97. The zero-order valence-electron chi connectivity index (χ0n) is 9.50. The van der Waals surface area contributed by atoms with Crippen molar-refractivity contribution in [1.29, 1.82) is 0 Å². The van der Waals surface area contributed by atoms with Crippen molar-refractivity contribution in [2.24, 2.45) is 5.73 Å². The molecule has 0 saturated carbocycles. The third kappa shape index (κ3) is 3.51. The smallest absolute Gasteiger partial charge is 0.154 e. The molecule has 1 aromatic carbocycles. The van der Waals surface area contributed by atoms with E-state index in [2.05, 4.69) is 0 Å².